The Labute approximate surface area is 215 Å². The lowest BCUT2D eigenvalue weighted by Crippen LogP contribution is -2.43. The Morgan fingerprint density at radius 1 is 1.03 bits per heavy atom. The summed E-state index contributed by atoms with van der Waals surface area (Å²) in [5.74, 6) is 0.421. The number of carbonyl (C=O) groups is 1. The molecule has 0 aliphatic heterocycles. The summed E-state index contributed by atoms with van der Waals surface area (Å²) in [6, 6.07) is 17.8. The van der Waals surface area contributed by atoms with Crippen LogP contribution < -0.4 is 0 Å². The number of rotatable bonds is 11. The molecular formula is C27H28FN3O5S. The molecule has 8 nitrogen and oxygen atoms in total. The van der Waals surface area contributed by atoms with E-state index >= 15 is 0 Å². The molecule has 2 heterocycles. The van der Waals surface area contributed by atoms with Gasteiger partial charge < -0.3 is 14.1 Å². The number of para-hydroxylation sites is 1. The minimum atomic E-state index is -4.11. The topological polar surface area (TPSA) is 93.0 Å². The van der Waals surface area contributed by atoms with Crippen LogP contribution in [0.4, 0.5) is 4.39 Å². The van der Waals surface area contributed by atoms with Gasteiger partial charge in [-0.3, -0.25) is 9.78 Å². The number of nitrogens with zero attached hydrogens (tertiary/aromatic N) is 3. The Kier molecular flexibility index (Phi) is 8.32. The number of hydrogen-bond donors (Lipinski definition) is 0. The fourth-order valence-corrected chi connectivity index (χ4v) is 5.49. The van der Waals surface area contributed by atoms with E-state index in [4.69, 9.17) is 9.15 Å². The largest absolute Gasteiger partial charge is 0.464 e. The monoisotopic (exact) mass is 525 g/mol. The highest BCUT2D eigenvalue weighted by molar-refractivity contribution is 7.89. The van der Waals surface area contributed by atoms with Crippen molar-refractivity contribution in [1.82, 2.24) is 14.2 Å². The number of hydrogen-bond acceptors (Lipinski definition) is 6. The van der Waals surface area contributed by atoms with Gasteiger partial charge >= 0.3 is 0 Å². The maximum absolute atomic E-state index is 13.8. The predicted molar refractivity (Wildman–Crippen MR) is 136 cm³/mol. The molecule has 0 aliphatic rings. The first-order valence-corrected chi connectivity index (χ1v) is 13.1. The molecule has 2 aromatic carbocycles. The summed E-state index contributed by atoms with van der Waals surface area (Å²) in [7, 11) is -2.64. The smallest absolute Gasteiger partial charge is 0.245 e. The lowest BCUT2D eigenvalue weighted by Gasteiger charge is -2.27. The number of methoxy groups -OCH3 is 1. The molecule has 1 amide bonds. The van der Waals surface area contributed by atoms with Gasteiger partial charge in [-0.25, -0.2) is 12.8 Å². The van der Waals surface area contributed by atoms with Crippen LogP contribution in [-0.4, -0.2) is 55.3 Å². The van der Waals surface area contributed by atoms with Crippen molar-refractivity contribution in [1.29, 1.82) is 0 Å². The number of fused-ring (bicyclic) bond motifs is 1. The van der Waals surface area contributed by atoms with E-state index in [0.717, 1.165) is 4.31 Å². The van der Waals surface area contributed by atoms with Gasteiger partial charge in [-0.15, -0.1) is 0 Å². The van der Waals surface area contributed by atoms with Crippen LogP contribution in [0.2, 0.25) is 0 Å². The molecular weight excluding hydrogens is 497 g/mol. The molecule has 0 fully saturated rings. The zero-order valence-electron chi connectivity index (χ0n) is 20.6. The first-order chi connectivity index (χ1) is 17.8. The Balaban J connectivity index is 1.65. The Hall–Kier alpha value is -3.60. The minimum Gasteiger partial charge on any atom is -0.464 e. The normalized spacial score (nSPS) is 11.8. The first-order valence-electron chi connectivity index (χ1n) is 11.7. The van der Waals surface area contributed by atoms with Gasteiger partial charge in [0.05, 0.1) is 25.2 Å². The van der Waals surface area contributed by atoms with Crippen LogP contribution >= 0.6 is 0 Å². The number of amides is 1. The standard InChI is InChI=1S/C27H28FN3O5S/c1-20-8-13-24(36-20)18-30(17-21-9-11-23(28)12-10-21)26(32)19-31(15-16-35-2)37(33,34)25-7-3-5-22-6-4-14-29-27(22)25/h3-14H,15-19H2,1-2H3. The van der Waals surface area contributed by atoms with Gasteiger partial charge in [-0.05, 0) is 48.9 Å². The van der Waals surface area contributed by atoms with E-state index in [0.29, 0.717) is 28.0 Å². The molecule has 2 aromatic heterocycles. The van der Waals surface area contributed by atoms with Crippen molar-refractivity contribution < 1.29 is 26.8 Å². The Morgan fingerprint density at radius 2 is 1.78 bits per heavy atom. The third-order valence-electron chi connectivity index (χ3n) is 5.85. The van der Waals surface area contributed by atoms with Crippen LogP contribution in [0.15, 0.2) is 82.2 Å². The lowest BCUT2D eigenvalue weighted by molar-refractivity contribution is -0.133. The lowest BCUT2D eigenvalue weighted by atomic mass is 10.2. The van der Waals surface area contributed by atoms with E-state index in [1.807, 2.05) is 0 Å². The summed E-state index contributed by atoms with van der Waals surface area (Å²) < 4.78 is 52.9. The molecule has 37 heavy (non-hydrogen) atoms. The number of sulfonamides is 1. The van der Waals surface area contributed by atoms with Crippen molar-refractivity contribution in [2.24, 2.45) is 0 Å². The van der Waals surface area contributed by atoms with Gasteiger partial charge in [0, 0.05) is 31.8 Å². The molecule has 0 unspecified atom stereocenters. The molecule has 4 rings (SSSR count). The molecule has 0 saturated heterocycles. The van der Waals surface area contributed by atoms with Gasteiger partial charge in [-0.1, -0.05) is 30.3 Å². The summed E-state index contributed by atoms with van der Waals surface area (Å²) in [6.45, 7) is 1.71. The number of carbonyl (C=O) groups excluding carboxylic acids is 1. The van der Waals surface area contributed by atoms with Gasteiger partial charge in [0.15, 0.2) is 0 Å². The Morgan fingerprint density at radius 3 is 2.49 bits per heavy atom. The summed E-state index contributed by atoms with van der Waals surface area (Å²) in [4.78, 5) is 19.4. The fraction of sp³-hybridized carbons (Fsp3) is 0.259. The number of ether oxygens (including phenoxy) is 1. The highest BCUT2D eigenvalue weighted by Gasteiger charge is 2.30. The molecule has 0 N–H and O–H groups in total. The van der Waals surface area contributed by atoms with Crippen molar-refractivity contribution in [3.8, 4) is 0 Å². The second kappa shape index (κ2) is 11.6. The van der Waals surface area contributed by atoms with E-state index in [1.54, 1.807) is 55.5 Å². The molecule has 0 atom stereocenters. The minimum absolute atomic E-state index is 0.0150. The number of aryl methyl sites for hydroxylation is 1. The van der Waals surface area contributed by atoms with Crippen LogP contribution in [-0.2, 0) is 32.6 Å². The second-order valence-electron chi connectivity index (χ2n) is 8.55. The maximum Gasteiger partial charge on any atom is 0.245 e. The predicted octanol–water partition coefficient (Wildman–Crippen LogP) is 4.14. The van der Waals surface area contributed by atoms with E-state index in [1.165, 1.54) is 36.4 Å². The highest BCUT2D eigenvalue weighted by Crippen LogP contribution is 2.24. The summed E-state index contributed by atoms with van der Waals surface area (Å²) >= 11 is 0. The fourth-order valence-electron chi connectivity index (χ4n) is 3.95. The van der Waals surface area contributed by atoms with Gasteiger partial charge in [0.2, 0.25) is 15.9 Å². The van der Waals surface area contributed by atoms with Crippen molar-refractivity contribution >= 4 is 26.8 Å². The quantitative estimate of drug-likeness (QED) is 0.292. The summed E-state index contributed by atoms with van der Waals surface area (Å²) in [5, 5.41) is 0.674. The van der Waals surface area contributed by atoms with Crippen LogP contribution in [0, 0.1) is 12.7 Å². The van der Waals surface area contributed by atoms with Gasteiger partial charge in [-0.2, -0.15) is 4.31 Å². The number of aromatic nitrogens is 1. The van der Waals surface area contributed by atoms with E-state index in [2.05, 4.69) is 4.98 Å². The third kappa shape index (κ3) is 6.40. The van der Waals surface area contributed by atoms with Crippen LogP contribution in [0.1, 0.15) is 17.1 Å². The average Bonchev–Trinajstić information content (AvgIpc) is 3.31. The van der Waals surface area contributed by atoms with Gasteiger partial charge in [0.1, 0.15) is 22.2 Å². The van der Waals surface area contributed by atoms with Crippen molar-refractivity contribution in [3.63, 3.8) is 0 Å². The maximum atomic E-state index is 13.8. The SMILES string of the molecule is COCCN(CC(=O)N(Cc1ccc(F)cc1)Cc1ccc(C)o1)S(=O)(=O)c1cccc2cccnc12. The number of benzene rings is 2. The van der Waals surface area contributed by atoms with E-state index in [9.17, 15) is 17.6 Å². The Bertz CT molecular complexity index is 1470. The molecule has 10 heteroatoms. The molecule has 4 aromatic rings. The van der Waals surface area contributed by atoms with Crippen LogP contribution in [0.3, 0.4) is 0 Å². The van der Waals surface area contributed by atoms with Crippen LogP contribution in [0.25, 0.3) is 10.9 Å². The molecule has 0 radical (unpaired) electrons. The molecule has 0 aliphatic carbocycles. The average molecular weight is 526 g/mol. The second-order valence-corrected chi connectivity index (χ2v) is 10.5. The molecule has 0 spiro atoms. The summed E-state index contributed by atoms with van der Waals surface area (Å²) in [5.41, 5.74) is 1.02. The van der Waals surface area contributed by atoms with Crippen LogP contribution in [0.5, 0.6) is 0 Å². The third-order valence-corrected chi connectivity index (χ3v) is 7.73. The zero-order chi connectivity index (χ0) is 26.4. The highest BCUT2D eigenvalue weighted by atomic mass is 32.2. The van der Waals surface area contributed by atoms with Crippen molar-refractivity contribution in [3.05, 3.63) is 95.8 Å². The number of pyridine rings is 1. The first kappa shape index (κ1) is 26.5. The van der Waals surface area contributed by atoms with E-state index in [-0.39, 0.29) is 37.0 Å². The molecule has 0 bridgehead atoms. The number of halogens is 1. The zero-order valence-corrected chi connectivity index (χ0v) is 21.4. The van der Waals surface area contributed by atoms with Gasteiger partial charge in [0.25, 0.3) is 0 Å². The van der Waals surface area contributed by atoms with E-state index < -0.39 is 22.5 Å². The number of furan rings is 1. The molecule has 194 valence electrons. The summed E-state index contributed by atoms with van der Waals surface area (Å²) in [6.07, 6.45) is 1.53. The molecule has 0 saturated carbocycles. The van der Waals surface area contributed by atoms with Crippen molar-refractivity contribution in [2.75, 3.05) is 26.8 Å². The van der Waals surface area contributed by atoms with Crippen molar-refractivity contribution in [2.45, 2.75) is 24.9 Å².